The van der Waals surface area contributed by atoms with Crippen molar-refractivity contribution in [2.75, 3.05) is 19.5 Å². The average Bonchev–Trinajstić information content (AvgIpc) is 2.85. The molecule has 2 N–H and O–H groups in total. The van der Waals surface area contributed by atoms with Gasteiger partial charge in [-0.3, -0.25) is 19.9 Å². The predicted octanol–water partition coefficient (Wildman–Crippen LogP) is 4.47. The second-order valence-electron chi connectivity index (χ2n) is 7.35. The minimum Gasteiger partial charge on any atom is -0.493 e. The van der Waals surface area contributed by atoms with Gasteiger partial charge in [-0.2, -0.15) is 0 Å². The van der Waals surface area contributed by atoms with E-state index in [2.05, 4.69) is 29.2 Å². The van der Waals surface area contributed by atoms with Gasteiger partial charge in [-0.15, -0.1) is 11.8 Å². The van der Waals surface area contributed by atoms with Crippen molar-refractivity contribution >= 4 is 40.4 Å². The van der Waals surface area contributed by atoms with E-state index in [1.54, 1.807) is 30.0 Å². The van der Waals surface area contributed by atoms with Crippen LogP contribution in [-0.4, -0.2) is 34.4 Å². The fourth-order valence-electron chi connectivity index (χ4n) is 3.51. The summed E-state index contributed by atoms with van der Waals surface area (Å²) in [4.78, 5) is 38.9. The van der Waals surface area contributed by atoms with Crippen LogP contribution in [0.5, 0.6) is 11.5 Å². The maximum absolute atomic E-state index is 11.7. The highest BCUT2D eigenvalue weighted by Crippen LogP contribution is 2.31. The highest BCUT2D eigenvalue weighted by Gasteiger charge is 2.18. The molecule has 10 heteroatoms. The lowest BCUT2D eigenvalue weighted by Crippen LogP contribution is -2.25. The van der Waals surface area contributed by atoms with Crippen LogP contribution in [0.4, 0.5) is 5.69 Å². The first-order chi connectivity index (χ1) is 17.0. The molecule has 0 saturated carbocycles. The molecule has 0 aliphatic rings. The normalized spacial score (nSPS) is 11.1. The summed E-state index contributed by atoms with van der Waals surface area (Å²) >= 11 is 1.71. The van der Waals surface area contributed by atoms with Crippen molar-refractivity contribution in [2.24, 2.45) is 0 Å². The molecule has 4 rings (SSSR count). The van der Waals surface area contributed by atoms with Gasteiger partial charge < -0.3 is 14.5 Å². The van der Waals surface area contributed by atoms with Gasteiger partial charge in [0.2, 0.25) is 0 Å². The molecule has 0 radical (unpaired) electrons. The molecule has 0 amide bonds. The molecule has 0 bridgehead atoms. The summed E-state index contributed by atoms with van der Waals surface area (Å²) in [6.45, 7) is 0.458. The summed E-state index contributed by atoms with van der Waals surface area (Å²) in [5, 5.41) is 13.6. The zero-order chi connectivity index (χ0) is 24.8. The van der Waals surface area contributed by atoms with Gasteiger partial charge in [0.25, 0.3) is 0 Å². The first-order valence-electron chi connectivity index (χ1n) is 10.6. The van der Waals surface area contributed by atoms with Gasteiger partial charge >= 0.3 is 16.9 Å². The summed E-state index contributed by atoms with van der Waals surface area (Å²) in [6, 6.07) is 19.6. The standard InChI is InChI=1S/C25H21N3O6S/c1-33-21-15-16(9-11-19-23(28(31)32)24(29)27-25(30)26-19)10-12-20(21)34-13-14-35-22-8-4-6-17-5-2-3-7-18(17)22/h2-12,15H,13-14H2,1H3,(H2,26,27,29,30)/b11-9+. The molecule has 9 nitrogen and oxygen atoms in total. The number of nitrogens with one attached hydrogen (secondary N) is 2. The number of ether oxygens (including phenoxy) is 2. The van der Waals surface area contributed by atoms with Crippen LogP contribution < -0.4 is 20.7 Å². The molecule has 0 aliphatic heterocycles. The Labute approximate surface area is 203 Å². The highest BCUT2D eigenvalue weighted by molar-refractivity contribution is 7.99. The Balaban J connectivity index is 1.44. The van der Waals surface area contributed by atoms with Gasteiger partial charge in [-0.25, -0.2) is 4.79 Å². The van der Waals surface area contributed by atoms with Crippen molar-refractivity contribution < 1.29 is 14.4 Å². The van der Waals surface area contributed by atoms with Crippen LogP contribution in [0.1, 0.15) is 11.3 Å². The Bertz CT molecular complexity index is 1520. The monoisotopic (exact) mass is 491 g/mol. The number of aromatic amines is 2. The van der Waals surface area contributed by atoms with E-state index in [1.807, 2.05) is 23.2 Å². The van der Waals surface area contributed by atoms with E-state index in [1.165, 1.54) is 34.9 Å². The first-order valence-corrected chi connectivity index (χ1v) is 11.6. The molecule has 0 fully saturated rings. The summed E-state index contributed by atoms with van der Waals surface area (Å²) < 4.78 is 11.3. The lowest BCUT2D eigenvalue weighted by atomic mass is 10.1. The number of methoxy groups -OCH3 is 1. The maximum Gasteiger partial charge on any atom is 0.357 e. The van der Waals surface area contributed by atoms with E-state index in [9.17, 15) is 19.7 Å². The quantitative estimate of drug-likeness (QED) is 0.153. The molecule has 0 unspecified atom stereocenters. The van der Waals surface area contributed by atoms with E-state index < -0.39 is 21.9 Å². The smallest absolute Gasteiger partial charge is 0.357 e. The van der Waals surface area contributed by atoms with E-state index in [-0.39, 0.29) is 5.69 Å². The molecule has 0 saturated heterocycles. The number of benzene rings is 3. The Kier molecular flexibility index (Phi) is 7.32. The molecule has 0 aliphatic carbocycles. The van der Waals surface area contributed by atoms with Crippen LogP contribution in [0.15, 0.2) is 75.1 Å². The van der Waals surface area contributed by atoms with Crippen molar-refractivity contribution in [1.29, 1.82) is 0 Å². The molecular weight excluding hydrogens is 470 g/mol. The molecule has 4 aromatic rings. The van der Waals surface area contributed by atoms with Crippen LogP contribution in [0.25, 0.3) is 22.9 Å². The van der Waals surface area contributed by atoms with E-state index in [4.69, 9.17) is 9.47 Å². The molecule has 35 heavy (non-hydrogen) atoms. The summed E-state index contributed by atoms with van der Waals surface area (Å²) in [7, 11) is 1.51. The Hall–Kier alpha value is -4.31. The lowest BCUT2D eigenvalue weighted by molar-refractivity contribution is -0.386. The number of thioether (sulfide) groups is 1. The van der Waals surface area contributed by atoms with Crippen LogP contribution in [0.2, 0.25) is 0 Å². The third kappa shape index (κ3) is 5.61. The van der Waals surface area contributed by atoms with Crippen LogP contribution in [0.3, 0.4) is 0 Å². The van der Waals surface area contributed by atoms with Crippen molar-refractivity contribution in [1.82, 2.24) is 9.97 Å². The van der Waals surface area contributed by atoms with Crippen molar-refractivity contribution in [3.05, 3.63) is 103 Å². The Morgan fingerprint density at radius 3 is 2.60 bits per heavy atom. The third-order valence-corrected chi connectivity index (χ3v) is 6.14. The average molecular weight is 492 g/mol. The van der Waals surface area contributed by atoms with Crippen LogP contribution >= 0.6 is 11.8 Å². The number of hydrogen-bond donors (Lipinski definition) is 2. The number of nitro groups is 1. The SMILES string of the molecule is COc1cc(/C=C/c2[nH]c(=O)[nH]c(=O)c2[N+](=O)[O-])ccc1OCCSc1cccc2ccccc12. The van der Waals surface area contributed by atoms with Gasteiger partial charge in [0.1, 0.15) is 5.69 Å². The summed E-state index contributed by atoms with van der Waals surface area (Å²) in [6.07, 6.45) is 2.82. The number of hydrogen-bond acceptors (Lipinski definition) is 7. The van der Waals surface area contributed by atoms with Gasteiger partial charge in [0.05, 0.1) is 18.6 Å². The largest absolute Gasteiger partial charge is 0.493 e. The van der Waals surface area contributed by atoms with Crippen molar-refractivity contribution in [3.63, 3.8) is 0 Å². The summed E-state index contributed by atoms with van der Waals surface area (Å²) in [5.74, 6) is 1.77. The lowest BCUT2D eigenvalue weighted by Gasteiger charge is -2.12. The maximum atomic E-state index is 11.7. The van der Waals surface area contributed by atoms with Crippen LogP contribution in [-0.2, 0) is 0 Å². The van der Waals surface area contributed by atoms with E-state index in [0.717, 1.165) is 5.75 Å². The Morgan fingerprint density at radius 1 is 1.00 bits per heavy atom. The molecule has 1 aromatic heterocycles. The zero-order valence-electron chi connectivity index (χ0n) is 18.6. The van der Waals surface area contributed by atoms with Crippen molar-refractivity contribution in [2.45, 2.75) is 4.90 Å². The predicted molar refractivity (Wildman–Crippen MR) is 136 cm³/mol. The molecule has 3 aromatic carbocycles. The number of aromatic nitrogens is 2. The summed E-state index contributed by atoms with van der Waals surface area (Å²) in [5.41, 5.74) is -2.20. The second-order valence-corrected chi connectivity index (χ2v) is 8.48. The highest BCUT2D eigenvalue weighted by atomic mass is 32.2. The fraction of sp³-hybridized carbons (Fsp3) is 0.120. The molecule has 0 spiro atoms. The first kappa shape index (κ1) is 23.8. The third-order valence-electron chi connectivity index (χ3n) is 5.11. The molecule has 1 heterocycles. The van der Waals surface area contributed by atoms with Gasteiger partial charge in [-0.05, 0) is 40.6 Å². The number of fused-ring (bicyclic) bond motifs is 1. The minimum atomic E-state index is -1.07. The van der Waals surface area contributed by atoms with Crippen molar-refractivity contribution in [3.8, 4) is 11.5 Å². The molecule has 178 valence electrons. The van der Waals surface area contributed by atoms with Gasteiger partial charge in [0, 0.05) is 10.6 Å². The van der Waals surface area contributed by atoms with E-state index in [0.29, 0.717) is 23.7 Å². The second kappa shape index (κ2) is 10.7. The fourth-order valence-corrected chi connectivity index (χ4v) is 4.41. The minimum absolute atomic E-state index is 0.200. The Morgan fingerprint density at radius 2 is 1.80 bits per heavy atom. The van der Waals surface area contributed by atoms with Gasteiger partial charge in [0.15, 0.2) is 11.5 Å². The topological polar surface area (TPSA) is 127 Å². The van der Waals surface area contributed by atoms with E-state index >= 15 is 0 Å². The van der Waals surface area contributed by atoms with Crippen LogP contribution in [0, 0.1) is 10.1 Å². The zero-order valence-corrected chi connectivity index (χ0v) is 19.5. The molecular formula is C25H21N3O6S. The molecule has 0 atom stereocenters. The number of rotatable bonds is 9. The van der Waals surface area contributed by atoms with Gasteiger partial charge in [-0.1, -0.05) is 48.5 Å². The number of H-pyrrole nitrogens is 2. The number of nitrogens with zero attached hydrogens (tertiary/aromatic N) is 1.